The van der Waals surface area contributed by atoms with Crippen LogP contribution in [0.25, 0.3) is 5.69 Å². The maximum atomic E-state index is 13.6. The van der Waals surface area contributed by atoms with Crippen molar-refractivity contribution in [3.63, 3.8) is 0 Å². The summed E-state index contributed by atoms with van der Waals surface area (Å²) in [7, 11) is 0. The molecule has 2 amide bonds. The number of hydrogen-bond donors (Lipinski definition) is 1. The molecule has 4 aliphatic heterocycles. The number of urea groups is 1. The van der Waals surface area contributed by atoms with Gasteiger partial charge < -0.3 is 15.1 Å². The van der Waals surface area contributed by atoms with Gasteiger partial charge in [0.2, 0.25) is 0 Å². The second-order valence-electron chi connectivity index (χ2n) is 9.18. The summed E-state index contributed by atoms with van der Waals surface area (Å²) in [6.45, 7) is 4.06. The Bertz CT molecular complexity index is 1090. The predicted molar refractivity (Wildman–Crippen MR) is 122 cm³/mol. The number of piperidine rings is 3. The largest absolute Gasteiger partial charge is 0.334 e. The molecule has 1 N–H and O–H groups in total. The van der Waals surface area contributed by atoms with E-state index in [1.165, 1.54) is 37.1 Å². The van der Waals surface area contributed by atoms with Crippen molar-refractivity contribution in [1.29, 1.82) is 0 Å². The van der Waals surface area contributed by atoms with Crippen LogP contribution in [0.5, 0.6) is 0 Å². The summed E-state index contributed by atoms with van der Waals surface area (Å²) in [5.74, 6) is 0.612. The van der Waals surface area contributed by atoms with Crippen LogP contribution in [0, 0.1) is 5.92 Å². The standard InChI is InChI=1S/C25H28N6O/c32-25(27-23-17-29-13-9-19(23)10-14-29)30-15-11-18-3-1-2-4-22(18)24(30)20-5-7-21(8-6-20)31-16-12-26-28-31/h1-8,12,16,19,23-24H,9-11,13-15,17H2,(H,27,32)/t23-,24-/m1/s1. The van der Waals surface area contributed by atoms with Gasteiger partial charge in [-0.15, -0.1) is 5.10 Å². The first-order chi connectivity index (χ1) is 15.8. The maximum Gasteiger partial charge on any atom is 0.318 e. The first-order valence-electron chi connectivity index (χ1n) is 11.6. The summed E-state index contributed by atoms with van der Waals surface area (Å²) < 4.78 is 1.75. The molecule has 4 aliphatic rings. The molecular weight excluding hydrogens is 400 g/mol. The van der Waals surface area contributed by atoms with Crippen LogP contribution in [0.1, 0.15) is 35.6 Å². The van der Waals surface area contributed by atoms with Crippen LogP contribution < -0.4 is 5.32 Å². The minimum absolute atomic E-state index is 0.0589. The van der Waals surface area contributed by atoms with Crippen LogP contribution in [-0.2, 0) is 6.42 Å². The van der Waals surface area contributed by atoms with Gasteiger partial charge in [-0.05, 0) is 67.1 Å². The highest BCUT2D eigenvalue weighted by molar-refractivity contribution is 5.76. The first kappa shape index (κ1) is 19.5. The third-order valence-electron chi connectivity index (χ3n) is 7.41. The molecule has 0 saturated carbocycles. The lowest BCUT2D eigenvalue weighted by molar-refractivity contribution is 0.0715. The summed E-state index contributed by atoms with van der Waals surface area (Å²) in [4.78, 5) is 18.1. The van der Waals surface area contributed by atoms with E-state index in [4.69, 9.17) is 0 Å². The van der Waals surface area contributed by atoms with Crippen molar-refractivity contribution in [2.45, 2.75) is 31.3 Å². The zero-order valence-corrected chi connectivity index (χ0v) is 18.1. The van der Waals surface area contributed by atoms with Crippen LogP contribution in [0.3, 0.4) is 0 Å². The van der Waals surface area contributed by atoms with Gasteiger partial charge in [-0.1, -0.05) is 41.6 Å². The van der Waals surface area contributed by atoms with Crippen molar-refractivity contribution in [2.24, 2.45) is 5.92 Å². The van der Waals surface area contributed by atoms with Crippen LogP contribution in [-0.4, -0.2) is 63.0 Å². The van der Waals surface area contributed by atoms with E-state index in [2.05, 4.69) is 56.9 Å². The number of carbonyl (C=O) groups is 1. The molecule has 7 rings (SSSR count). The zero-order valence-electron chi connectivity index (χ0n) is 18.1. The normalized spacial score (nSPS) is 26.6. The molecule has 0 unspecified atom stereocenters. The van der Waals surface area contributed by atoms with Gasteiger partial charge in [0.25, 0.3) is 0 Å². The fourth-order valence-corrected chi connectivity index (χ4v) is 5.67. The molecule has 1 aromatic heterocycles. The molecular formula is C25H28N6O. The molecule has 0 aliphatic carbocycles. The number of nitrogens with one attached hydrogen (secondary N) is 1. The van der Waals surface area contributed by atoms with E-state index in [9.17, 15) is 4.79 Å². The van der Waals surface area contributed by atoms with E-state index >= 15 is 0 Å². The molecule has 3 fully saturated rings. The molecule has 3 saturated heterocycles. The van der Waals surface area contributed by atoms with Crippen LogP contribution in [0.4, 0.5) is 4.79 Å². The van der Waals surface area contributed by atoms with Crippen molar-refractivity contribution >= 4 is 6.03 Å². The highest BCUT2D eigenvalue weighted by Crippen LogP contribution is 2.36. The molecule has 3 aromatic rings. The van der Waals surface area contributed by atoms with Crippen molar-refractivity contribution in [3.05, 3.63) is 77.6 Å². The zero-order chi connectivity index (χ0) is 21.5. The van der Waals surface area contributed by atoms with Gasteiger partial charge in [0, 0.05) is 19.1 Å². The Morgan fingerprint density at radius 1 is 1.00 bits per heavy atom. The minimum Gasteiger partial charge on any atom is -0.334 e. The number of rotatable bonds is 3. The second-order valence-corrected chi connectivity index (χ2v) is 9.18. The topological polar surface area (TPSA) is 66.3 Å². The molecule has 2 aromatic carbocycles. The molecule has 7 nitrogen and oxygen atoms in total. The average molecular weight is 429 g/mol. The van der Waals surface area contributed by atoms with Crippen LogP contribution in [0.15, 0.2) is 60.9 Å². The number of carbonyl (C=O) groups excluding carboxylic acids is 1. The van der Waals surface area contributed by atoms with Crippen molar-refractivity contribution in [2.75, 3.05) is 26.2 Å². The van der Waals surface area contributed by atoms with E-state index in [1.54, 1.807) is 10.9 Å². The number of benzene rings is 2. The van der Waals surface area contributed by atoms with Crippen LogP contribution in [0.2, 0.25) is 0 Å². The molecule has 2 bridgehead atoms. The van der Waals surface area contributed by atoms with Gasteiger partial charge in [0.15, 0.2) is 0 Å². The molecule has 5 heterocycles. The number of amides is 2. The van der Waals surface area contributed by atoms with E-state index in [0.717, 1.165) is 30.8 Å². The minimum atomic E-state index is -0.0918. The molecule has 0 radical (unpaired) electrons. The molecule has 32 heavy (non-hydrogen) atoms. The lowest BCUT2D eigenvalue weighted by atomic mass is 9.84. The van der Waals surface area contributed by atoms with Crippen LogP contribution >= 0.6 is 0 Å². The third kappa shape index (κ3) is 3.46. The van der Waals surface area contributed by atoms with Gasteiger partial charge in [-0.25, -0.2) is 9.48 Å². The fraction of sp³-hybridized carbons (Fsp3) is 0.400. The quantitative estimate of drug-likeness (QED) is 0.697. The second kappa shape index (κ2) is 8.06. The monoisotopic (exact) mass is 428 g/mol. The Balaban J connectivity index is 1.30. The molecule has 164 valence electrons. The lowest BCUT2D eigenvalue weighted by Gasteiger charge is -2.46. The fourth-order valence-electron chi connectivity index (χ4n) is 5.67. The smallest absolute Gasteiger partial charge is 0.318 e. The summed E-state index contributed by atoms with van der Waals surface area (Å²) in [6, 6.07) is 17.1. The van der Waals surface area contributed by atoms with E-state index in [-0.39, 0.29) is 18.1 Å². The Hall–Kier alpha value is -3.19. The van der Waals surface area contributed by atoms with Gasteiger partial charge in [0.05, 0.1) is 24.1 Å². The summed E-state index contributed by atoms with van der Waals surface area (Å²) in [5.41, 5.74) is 4.62. The predicted octanol–water partition coefficient (Wildman–Crippen LogP) is 3.02. The third-order valence-corrected chi connectivity index (χ3v) is 7.41. The number of nitrogens with zero attached hydrogens (tertiary/aromatic N) is 5. The van der Waals surface area contributed by atoms with Gasteiger partial charge in [0.1, 0.15) is 0 Å². The van der Waals surface area contributed by atoms with E-state index < -0.39 is 0 Å². The SMILES string of the molecule is O=C(N[C@@H]1CN2CCC1CC2)N1CCc2ccccc2[C@H]1c1ccc(-n2ccnn2)cc1. The van der Waals surface area contributed by atoms with Gasteiger partial charge in [-0.3, -0.25) is 0 Å². The Morgan fingerprint density at radius 2 is 1.81 bits per heavy atom. The van der Waals surface area contributed by atoms with E-state index in [1.807, 2.05) is 23.2 Å². The van der Waals surface area contributed by atoms with Gasteiger partial charge >= 0.3 is 6.03 Å². The van der Waals surface area contributed by atoms with Crippen molar-refractivity contribution in [1.82, 2.24) is 30.1 Å². The highest BCUT2D eigenvalue weighted by atomic mass is 16.2. The van der Waals surface area contributed by atoms with Crippen molar-refractivity contribution in [3.8, 4) is 5.69 Å². The van der Waals surface area contributed by atoms with Crippen molar-refractivity contribution < 1.29 is 4.79 Å². The Labute approximate surface area is 188 Å². The Morgan fingerprint density at radius 3 is 2.53 bits per heavy atom. The summed E-state index contributed by atoms with van der Waals surface area (Å²) in [6.07, 6.45) is 6.78. The lowest BCUT2D eigenvalue weighted by Crippen LogP contribution is -2.59. The molecule has 0 spiro atoms. The Kier molecular flexibility index (Phi) is 4.91. The molecule has 2 atom stereocenters. The molecule has 7 heteroatoms. The number of aromatic nitrogens is 3. The number of fused-ring (bicyclic) bond motifs is 4. The first-order valence-corrected chi connectivity index (χ1v) is 11.6. The highest BCUT2D eigenvalue weighted by Gasteiger charge is 2.38. The summed E-state index contributed by atoms with van der Waals surface area (Å²) >= 11 is 0. The maximum absolute atomic E-state index is 13.6. The summed E-state index contributed by atoms with van der Waals surface area (Å²) in [5, 5.41) is 11.4. The average Bonchev–Trinajstić information content (AvgIpc) is 3.39. The van der Waals surface area contributed by atoms with Gasteiger partial charge in [-0.2, -0.15) is 0 Å². The number of hydrogen-bond acceptors (Lipinski definition) is 4. The van der Waals surface area contributed by atoms with E-state index in [0.29, 0.717) is 5.92 Å².